The van der Waals surface area contributed by atoms with E-state index in [1.54, 1.807) is 0 Å². The fraction of sp³-hybridized carbons (Fsp3) is 0.833. The summed E-state index contributed by atoms with van der Waals surface area (Å²) in [6, 6.07) is -0.324. The summed E-state index contributed by atoms with van der Waals surface area (Å²) in [5.74, 6) is -0.0762. The predicted molar refractivity (Wildman–Crippen MR) is 125 cm³/mol. The largest absolute Gasteiger partial charge is 0.355 e. The molecule has 186 valence electrons. The summed E-state index contributed by atoms with van der Waals surface area (Å²) >= 11 is 0. The molecule has 0 atom stereocenters. The number of amides is 5. The number of nitrogens with one attached hydrogen (secondary N) is 2. The molecule has 1 spiro atoms. The summed E-state index contributed by atoms with van der Waals surface area (Å²) in [4.78, 5) is 55.4. The molecule has 33 heavy (non-hydrogen) atoms. The minimum Gasteiger partial charge on any atom is -0.355 e. The summed E-state index contributed by atoms with van der Waals surface area (Å²) in [7, 11) is 4.06. The van der Waals surface area contributed by atoms with E-state index in [4.69, 9.17) is 0 Å². The molecule has 2 aliphatic heterocycles. The molecule has 0 bridgehead atoms. The molecule has 2 N–H and O–H groups in total. The molecule has 3 aliphatic rings. The summed E-state index contributed by atoms with van der Waals surface area (Å²) in [5.41, 5.74) is -0.688. The van der Waals surface area contributed by atoms with Gasteiger partial charge in [-0.1, -0.05) is 26.7 Å². The van der Waals surface area contributed by atoms with Crippen LogP contribution >= 0.6 is 0 Å². The zero-order valence-corrected chi connectivity index (χ0v) is 20.7. The van der Waals surface area contributed by atoms with Gasteiger partial charge in [0, 0.05) is 45.1 Å². The Morgan fingerprint density at radius 2 is 1.79 bits per heavy atom. The van der Waals surface area contributed by atoms with Crippen LogP contribution in [0.1, 0.15) is 65.2 Å². The van der Waals surface area contributed by atoms with Crippen LogP contribution in [0.25, 0.3) is 0 Å². The Kier molecular flexibility index (Phi) is 8.03. The maximum absolute atomic E-state index is 12.7. The highest BCUT2D eigenvalue weighted by molar-refractivity contribution is 6.07. The van der Waals surface area contributed by atoms with Gasteiger partial charge in [-0.3, -0.25) is 19.3 Å². The Labute approximate surface area is 197 Å². The Balaban J connectivity index is 1.36. The first-order valence-electron chi connectivity index (χ1n) is 12.4. The van der Waals surface area contributed by atoms with Gasteiger partial charge in [0.15, 0.2) is 0 Å². The van der Waals surface area contributed by atoms with Crippen LogP contribution in [0.15, 0.2) is 0 Å². The van der Waals surface area contributed by atoms with Gasteiger partial charge in [-0.25, -0.2) is 4.79 Å². The van der Waals surface area contributed by atoms with Crippen LogP contribution in [0.4, 0.5) is 4.79 Å². The maximum Gasteiger partial charge on any atom is 0.325 e. The standard InChI is InChI=1S/C24H41N5O4/c1-23(2,17-27(3)4)16-25-20(31)18-9-14-28(15-10-18)19(30)8-7-13-29-21(32)24(26-22(29)33)11-5-6-12-24/h18H,5-17H2,1-4H3,(H,25,31)(H,26,33). The molecule has 5 amide bonds. The van der Waals surface area contributed by atoms with E-state index in [9.17, 15) is 19.2 Å². The monoisotopic (exact) mass is 463 g/mol. The molecule has 0 aromatic rings. The first kappa shape index (κ1) is 25.5. The van der Waals surface area contributed by atoms with E-state index >= 15 is 0 Å². The number of likely N-dealkylation sites (tertiary alicyclic amines) is 1. The summed E-state index contributed by atoms with van der Waals surface area (Å²) < 4.78 is 0. The fourth-order valence-corrected chi connectivity index (χ4v) is 5.52. The number of urea groups is 1. The second kappa shape index (κ2) is 10.4. The van der Waals surface area contributed by atoms with Gasteiger partial charge in [0.2, 0.25) is 11.8 Å². The second-order valence-electron chi connectivity index (χ2n) is 11.1. The van der Waals surface area contributed by atoms with E-state index in [2.05, 4.69) is 29.4 Å². The van der Waals surface area contributed by atoms with Crippen molar-refractivity contribution in [1.29, 1.82) is 0 Å². The van der Waals surface area contributed by atoms with Crippen molar-refractivity contribution < 1.29 is 19.2 Å². The van der Waals surface area contributed by atoms with Crippen LogP contribution in [0.2, 0.25) is 0 Å². The van der Waals surface area contributed by atoms with Gasteiger partial charge in [-0.2, -0.15) is 0 Å². The average Bonchev–Trinajstić information content (AvgIpc) is 3.31. The Morgan fingerprint density at radius 1 is 1.15 bits per heavy atom. The molecule has 0 aromatic heterocycles. The number of carbonyl (C=O) groups is 4. The van der Waals surface area contributed by atoms with Crippen molar-refractivity contribution in [3.63, 3.8) is 0 Å². The van der Waals surface area contributed by atoms with Gasteiger partial charge < -0.3 is 20.4 Å². The number of hydrogen-bond donors (Lipinski definition) is 2. The van der Waals surface area contributed by atoms with Crippen LogP contribution in [0, 0.1) is 11.3 Å². The lowest BCUT2D eigenvalue weighted by molar-refractivity contribution is -0.136. The first-order valence-corrected chi connectivity index (χ1v) is 12.4. The molecular formula is C24H41N5O4. The quantitative estimate of drug-likeness (QED) is 0.506. The number of hydrogen-bond acceptors (Lipinski definition) is 5. The molecule has 0 radical (unpaired) electrons. The number of imide groups is 1. The highest BCUT2D eigenvalue weighted by Gasteiger charge is 2.52. The maximum atomic E-state index is 12.7. The van der Waals surface area contributed by atoms with Gasteiger partial charge in [0.05, 0.1) is 0 Å². The minimum absolute atomic E-state index is 0.000855. The summed E-state index contributed by atoms with van der Waals surface area (Å²) in [5, 5.41) is 5.97. The molecule has 3 rings (SSSR count). The van der Waals surface area contributed by atoms with Crippen molar-refractivity contribution in [1.82, 2.24) is 25.3 Å². The summed E-state index contributed by atoms with van der Waals surface area (Å²) in [6.07, 6.45) is 5.45. The van der Waals surface area contributed by atoms with Crippen molar-refractivity contribution in [2.24, 2.45) is 11.3 Å². The lowest BCUT2D eigenvalue weighted by Gasteiger charge is -2.33. The molecule has 0 aromatic carbocycles. The first-order chi connectivity index (χ1) is 15.5. The molecule has 9 nitrogen and oxygen atoms in total. The number of nitrogens with zero attached hydrogens (tertiary/aromatic N) is 3. The van der Waals surface area contributed by atoms with Crippen molar-refractivity contribution in [2.75, 3.05) is 46.8 Å². The number of rotatable bonds is 9. The van der Waals surface area contributed by atoms with Gasteiger partial charge in [0.1, 0.15) is 5.54 Å². The highest BCUT2D eigenvalue weighted by Crippen LogP contribution is 2.35. The van der Waals surface area contributed by atoms with Crippen molar-refractivity contribution in [3.05, 3.63) is 0 Å². The Hall–Kier alpha value is -2.16. The molecule has 9 heteroatoms. The molecule has 2 heterocycles. The normalized spacial score (nSPS) is 21.2. The van der Waals surface area contributed by atoms with Gasteiger partial charge in [0.25, 0.3) is 5.91 Å². The van der Waals surface area contributed by atoms with E-state index < -0.39 is 5.54 Å². The van der Waals surface area contributed by atoms with Crippen molar-refractivity contribution >= 4 is 23.8 Å². The number of piperidine rings is 1. The van der Waals surface area contributed by atoms with Crippen LogP contribution in [0.3, 0.4) is 0 Å². The second-order valence-corrected chi connectivity index (χ2v) is 11.1. The Bertz CT molecular complexity index is 752. The van der Waals surface area contributed by atoms with E-state index in [0.717, 1.165) is 19.4 Å². The van der Waals surface area contributed by atoms with E-state index in [1.807, 2.05) is 19.0 Å². The summed E-state index contributed by atoms with van der Waals surface area (Å²) in [6.45, 7) is 7.23. The molecule has 1 aliphatic carbocycles. The van der Waals surface area contributed by atoms with Crippen LogP contribution in [0.5, 0.6) is 0 Å². The van der Waals surface area contributed by atoms with Crippen molar-refractivity contribution in [2.45, 2.75) is 70.8 Å². The molecule has 0 unspecified atom stereocenters. The van der Waals surface area contributed by atoms with Crippen LogP contribution < -0.4 is 10.6 Å². The fourth-order valence-electron chi connectivity index (χ4n) is 5.52. The van der Waals surface area contributed by atoms with E-state index in [0.29, 0.717) is 58.2 Å². The van der Waals surface area contributed by atoms with Gasteiger partial charge in [-0.15, -0.1) is 0 Å². The predicted octanol–water partition coefficient (Wildman–Crippen LogP) is 1.57. The zero-order chi connectivity index (χ0) is 24.2. The van der Waals surface area contributed by atoms with Crippen LogP contribution in [-0.4, -0.2) is 90.8 Å². The SMILES string of the molecule is CN(C)CC(C)(C)CNC(=O)C1CCN(C(=O)CCCN2C(=O)NC3(CCCC3)C2=O)CC1. The third-order valence-corrected chi connectivity index (χ3v) is 7.18. The van der Waals surface area contributed by atoms with E-state index in [-0.39, 0.29) is 41.6 Å². The highest BCUT2D eigenvalue weighted by atomic mass is 16.2. The smallest absolute Gasteiger partial charge is 0.325 e. The lowest BCUT2D eigenvalue weighted by atomic mass is 9.91. The Morgan fingerprint density at radius 3 is 2.39 bits per heavy atom. The zero-order valence-electron chi connectivity index (χ0n) is 20.7. The molecule has 1 saturated carbocycles. The molecule has 2 saturated heterocycles. The van der Waals surface area contributed by atoms with Crippen molar-refractivity contribution in [3.8, 4) is 0 Å². The molecule has 3 fully saturated rings. The average molecular weight is 464 g/mol. The van der Waals surface area contributed by atoms with E-state index in [1.165, 1.54) is 4.90 Å². The minimum atomic E-state index is -0.689. The van der Waals surface area contributed by atoms with Gasteiger partial charge in [-0.05, 0) is 51.6 Å². The third kappa shape index (κ3) is 6.25. The van der Waals surface area contributed by atoms with Gasteiger partial charge >= 0.3 is 6.03 Å². The van der Waals surface area contributed by atoms with Crippen LogP contribution in [-0.2, 0) is 14.4 Å². The lowest BCUT2D eigenvalue weighted by Crippen LogP contribution is -2.46. The number of carbonyl (C=O) groups excluding carboxylic acids is 4. The molecular weight excluding hydrogens is 422 g/mol. The topological polar surface area (TPSA) is 102 Å². The third-order valence-electron chi connectivity index (χ3n) is 7.18.